The van der Waals surface area contributed by atoms with Gasteiger partial charge in [-0.15, -0.1) is 0 Å². The van der Waals surface area contributed by atoms with Crippen molar-refractivity contribution >= 4 is 5.91 Å². The number of carbonyl (C=O) groups is 1. The highest BCUT2D eigenvalue weighted by atomic mass is 16.5. The van der Waals surface area contributed by atoms with E-state index in [9.17, 15) is 4.79 Å². The summed E-state index contributed by atoms with van der Waals surface area (Å²) in [5, 5.41) is 0. The summed E-state index contributed by atoms with van der Waals surface area (Å²) in [6.45, 7) is 1.72. The molecule has 1 saturated carbocycles. The number of benzene rings is 2. The zero-order valence-electron chi connectivity index (χ0n) is 20.5. The van der Waals surface area contributed by atoms with E-state index in [1.165, 1.54) is 29.5 Å². The maximum atomic E-state index is 12.9. The van der Waals surface area contributed by atoms with E-state index in [0.29, 0.717) is 0 Å². The molecule has 1 aliphatic heterocycles. The molecule has 35 heavy (non-hydrogen) atoms. The summed E-state index contributed by atoms with van der Waals surface area (Å²) in [4.78, 5) is 19.0. The Labute approximate surface area is 208 Å². The number of ether oxygens (including phenoxy) is 2. The Morgan fingerprint density at radius 2 is 1.60 bits per heavy atom. The molecule has 2 aromatic carbocycles. The molecule has 2 aliphatic rings. The summed E-state index contributed by atoms with van der Waals surface area (Å²) in [5.74, 6) is 1.84. The maximum Gasteiger partial charge on any atom is 0.253 e. The second-order valence-corrected chi connectivity index (χ2v) is 9.67. The number of carbonyl (C=O) groups excluding carboxylic acids is 1. The Bertz CT molecular complexity index is 1120. The number of methoxy groups -OCH3 is 1. The second-order valence-electron chi connectivity index (χ2n) is 9.67. The molecule has 5 rings (SSSR count). The molecule has 1 aliphatic carbocycles. The first-order chi connectivity index (χ1) is 17.2. The lowest BCUT2D eigenvalue weighted by Crippen LogP contribution is -2.27. The van der Waals surface area contributed by atoms with Gasteiger partial charge in [-0.3, -0.25) is 9.78 Å². The van der Waals surface area contributed by atoms with Crippen LogP contribution < -0.4 is 9.47 Å². The van der Waals surface area contributed by atoms with E-state index in [-0.39, 0.29) is 17.9 Å². The first kappa shape index (κ1) is 23.4. The molecule has 1 saturated heterocycles. The Morgan fingerprint density at radius 1 is 0.914 bits per heavy atom. The Kier molecular flexibility index (Phi) is 7.31. The van der Waals surface area contributed by atoms with Crippen molar-refractivity contribution in [2.24, 2.45) is 0 Å². The van der Waals surface area contributed by atoms with Gasteiger partial charge in [0.1, 0.15) is 0 Å². The number of amides is 1. The monoisotopic (exact) mass is 470 g/mol. The molecule has 5 nitrogen and oxygen atoms in total. The van der Waals surface area contributed by atoms with Crippen molar-refractivity contribution < 1.29 is 14.3 Å². The third kappa shape index (κ3) is 5.50. The van der Waals surface area contributed by atoms with Crippen molar-refractivity contribution in [2.45, 2.75) is 57.0 Å². The molecule has 2 fully saturated rings. The van der Waals surface area contributed by atoms with Crippen molar-refractivity contribution in [1.29, 1.82) is 0 Å². The van der Waals surface area contributed by atoms with Crippen LogP contribution in [-0.2, 0) is 6.42 Å². The molecular formula is C30H34N2O3. The SMILES string of the molecule is COc1ccc([C@H](Cc2ccncc2)c2ccc(C(=O)N3CCCC3)cc2)cc1OC1CCCC1. The van der Waals surface area contributed by atoms with Crippen LogP contribution >= 0.6 is 0 Å². The minimum atomic E-state index is 0.116. The molecule has 0 radical (unpaired) electrons. The van der Waals surface area contributed by atoms with Gasteiger partial charge in [-0.1, -0.05) is 18.2 Å². The first-order valence-electron chi connectivity index (χ1n) is 12.8. The number of aromatic nitrogens is 1. The summed E-state index contributed by atoms with van der Waals surface area (Å²) in [7, 11) is 1.70. The molecule has 0 unspecified atom stereocenters. The van der Waals surface area contributed by atoms with E-state index in [1.54, 1.807) is 7.11 Å². The molecule has 182 valence electrons. The second kappa shape index (κ2) is 10.9. The van der Waals surface area contributed by atoms with E-state index in [4.69, 9.17) is 9.47 Å². The molecule has 2 heterocycles. The smallest absolute Gasteiger partial charge is 0.253 e. The number of hydrogen-bond donors (Lipinski definition) is 0. The van der Waals surface area contributed by atoms with Crippen molar-refractivity contribution in [3.8, 4) is 11.5 Å². The third-order valence-electron chi connectivity index (χ3n) is 7.33. The van der Waals surface area contributed by atoms with Gasteiger partial charge in [-0.25, -0.2) is 0 Å². The highest BCUT2D eigenvalue weighted by molar-refractivity contribution is 5.94. The minimum Gasteiger partial charge on any atom is -0.493 e. The van der Waals surface area contributed by atoms with Crippen LogP contribution in [0.3, 0.4) is 0 Å². The summed E-state index contributed by atoms with van der Waals surface area (Å²) < 4.78 is 12.0. The summed E-state index contributed by atoms with van der Waals surface area (Å²) in [6.07, 6.45) is 11.6. The normalized spacial score (nSPS) is 16.9. The Hall–Kier alpha value is -3.34. The average Bonchev–Trinajstić information content (AvgIpc) is 3.63. The topological polar surface area (TPSA) is 51.7 Å². The molecule has 3 aromatic rings. The van der Waals surface area contributed by atoms with E-state index in [2.05, 4.69) is 41.4 Å². The standard InChI is InChI=1S/C30H34N2O3/c1-34-28-13-12-25(21-29(28)35-26-6-2-3-7-26)27(20-22-14-16-31-17-15-22)23-8-10-24(11-9-23)30(33)32-18-4-5-19-32/h8-17,21,26-27H,2-7,18-20H2,1H3/t27-/m1/s1. The number of pyridine rings is 1. The lowest BCUT2D eigenvalue weighted by molar-refractivity contribution is 0.0793. The zero-order chi connectivity index (χ0) is 24.0. The molecule has 0 spiro atoms. The Morgan fingerprint density at radius 3 is 2.29 bits per heavy atom. The van der Waals surface area contributed by atoms with Crippen LogP contribution in [0.4, 0.5) is 0 Å². The Balaban J connectivity index is 1.46. The van der Waals surface area contributed by atoms with Crippen molar-refractivity contribution in [3.05, 3.63) is 89.2 Å². The summed E-state index contributed by atoms with van der Waals surface area (Å²) >= 11 is 0. The highest BCUT2D eigenvalue weighted by Crippen LogP contribution is 2.37. The van der Waals surface area contributed by atoms with Gasteiger partial charge in [0, 0.05) is 37.0 Å². The van der Waals surface area contributed by atoms with Crippen LogP contribution in [0.1, 0.15) is 71.5 Å². The molecule has 1 aromatic heterocycles. The van der Waals surface area contributed by atoms with Crippen molar-refractivity contribution in [3.63, 3.8) is 0 Å². The quantitative estimate of drug-likeness (QED) is 0.404. The van der Waals surface area contributed by atoms with Gasteiger partial charge in [0.15, 0.2) is 11.5 Å². The molecule has 5 heteroatoms. The first-order valence-corrected chi connectivity index (χ1v) is 12.8. The lowest BCUT2D eigenvalue weighted by Gasteiger charge is -2.22. The average molecular weight is 471 g/mol. The van der Waals surface area contributed by atoms with Crippen LogP contribution in [0, 0.1) is 0 Å². The highest BCUT2D eigenvalue weighted by Gasteiger charge is 2.23. The molecule has 1 atom stereocenters. The van der Waals surface area contributed by atoms with Gasteiger partial charge in [0.2, 0.25) is 0 Å². The van der Waals surface area contributed by atoms with Crippen LogP contribution in [-0.4, -0.2) is 42.1 Å². The van der Waals surface area contributed by atoms with E-state index >= 15 is 0 Å². The van der Waals surface area contributed by atoms with Crippen LogP contribution in [0.2, 0.25) is 0 Å². The van der Waals surface area contributed by atoms with E-state index in [0.717, 1.165) is 62.3 Å². The number of likely N-dealkylation sites (tertiary alicyclic amines) is 1. The van der Waals surface area contributed by atoms with Gasteiger partial charge < -0.3 is 14.4 Å². The van der Waals surface area contributed by atoms with Gasteiger partial charge in [-0.2, -0.15) is 0 Å². The molecular weight excluding hydrogens is 436 g/mol. The van der Waals surface area contributed by atoms with Gasteiger partial charge in [0.05, 0.1) is 13.2 Å². The van der Waals surface area contributed by atoms with E-state index < -0.39 is 0 Å². The van der Waals surface area contributed by atoms with Crippen LogP contribution in [0.15, 0.2) is 67.0 Å². The predicted molar refractivity (Wildman–Crippen MR) is 137 cm³/mol. The van der Waals surface area contributed by atoms with Gasteiger partial charge in [0.25, 0.3) is 5.91 Å². The fourth-order valence-electron chi connectivity index (χ4n) is 5.33. The number of hydrogen-bond acceptors (Lipinski definition) is 4. The minimum absolute atomic E-state index is 0.116. The fraction of sp³-hybridized carbons (Fsp3) is 0.400. The van der Waals surface area contributed by atoms with E-state index in [1.807, 2.05) is 35.5 Å². The third-order valence-corrected chi connectivity index (χ3v) is 7.33. The molecule has 0 bridgehead atoms. The number of rotatable bonds is 8. The van der Waals surface area contributed by atoms with Crippen LogP contribution in [0.25, 0.3) is 0 Å². The molecule has 1 amide bonds. The largest absolute Gasteiger partial charge is 0.493 e. The van der Waals surface area contributed by atoms with Gasteiger partial charge in [-0.05, 0) is 98.0 Å². The predicted octanol–water partition coefficient (Wildman–Crippen LogP) is 6.02. The number of nitrogens with zero attached hydrogens (tertiary/aromatic N) is 2. The molecule has 0 N–H and O–H groups in total. The maximum absolute atomic E-state index is 12.9. The van der Waals surface area contributed by atoms with Crippen molar-refractivity contribution in [1.82, 2.24) is 9.88 Å². The van der Waals surface area contributed by atoms with Crippen molar-refractivity contribution in [2.75, 3.05) is 20.2 Å². The zero-order valence-corrected chi connectivity index (χ0v) is 20.5. The summed E-state index contributed by atoms with van der Waals surface area (Å²) in [6, 6.07) is 18.6. The summed E-state index contributed by atoms with van der Waals surface area (Å²) in [5.41, 5.74) is 4.33. The van der Waals surface area contributed by atoms with Gasteiger partial charge >= 0.3 is 0 Å². The fourth-order valence-corrected chi connectivity index (χ4v) is 5.33. The lowest BCUT2D eigenvalue weighted by atomic mass is 9.85. The van der Waals surface area contributed by atoms with Crippen LogP contribution in [0.5, 0.6) is 11.5 Å².